The van der Waals surface area contributed by atoms with E-state index in [-0.39, 0.29) is 16.8 Å². The fraction of sp³-hybridized carbons (Fsp3) is 0.364. The van der Waals surface area contributed by atoms with Gasteiger partial charge in [-0.1, -0.05) is 0 Å². The number of primary sulfonamides is 1. The van der Waals surface area contributed by atoms with Gasteiger partial charge in [-0.25, -0.2) is 13.6 Å². The molecule has 2 atom stereocenters. The van der Waals surface area contributed by atoms with Gasteiger partial charge < -0.3 is 15.8 Å². The monoisotopic (exact) mass is 285 g/mol. The van der Waals surface area contributed by atoms with Crippen molar-refractivity contribution in [1.29, 1.82) is 0 Å². The Labute approximate surface area is 111 Å². The third kappa shape index (κ3) is 3.29. The van der Waals surface area contributed by atoms with E-state index in [9.17, 15) is 13.2 Å². The Morgan fingerprint density at radius 3 is 2.37 bits per heavy atom. The molecule has 1 heterocycles. The fourth-order valence-electron chi connectivity index (χ4n) is 1.80. The lowest BCUT2D eigenvalue weighted by Gasteiger charge is -2.13. The van der Waals surface area contributed by atoms with Gasteiger partial charge in [0.25, 0.3) is 0 Å². The zero-order valence-electron chi connectivity index (χ0n) is 10.1. The van der Waals surface area contributed by atoms with Gasteiger partial charge in [0.05, 0.1) is 24.0 Å². The lowest BCUT2D eigenvalue weighted by Crippen LogP contribution is -2.37. The first-order chi connectivity index (χ1) is 8.88. The average Bonchev–Trinajstić information content (AvgIpc) is 2.75. The van der Waals surface area contributed by atoms with Gasteiger partial charge in [0.2, 0.25) is 15.9 Å². The Balaban J connectivity index is 2.06. The summed E-state index contributed by atoms with van der Waals surface area (Å²) >= 11 is 0. The van der Waals surface area contributed by atoms with Crippen LogP contribution in [0, 0.1) is 5.92 Å². The van der Waals surface area contributed by atoms with Crippen LogP contribution in [0.1, 0.15) is 0 Å². The van der Waals surface area contributed by atoms with Crippen LogP contribution < -0.4 is 16.2 Å². The molecule has 1 aromatic rings. The molecule has 0 saturated carbocycles. The van der Waals surface area contributed by atoms with Gasteiger partial charge in [-0.05, 0) is 24.3 Å². The van der Waals surface area contributed by atoms with E-state index in [2.05, 4.69) is 5.32 Å². The van der Waals surface area contributed by atoms with Crippen molar-refractivity contribution < 1.29 is 17.9 Å². The van der Waals surface area contributed by atoms with Gasteiger partial charge in [0, 0.05) is 11.7 Å². The highest BCUT2D eigenvalue weighted by Gasteiger charge is 2.31. The number of rotatable bonds is 3. The van der Waals surface area contributed by atoms with Gasteiger partial charge in [-0.3, -0.25) is 4.79 Å². The standard InChI is InChI=1S/C11H15N3O4S/c12-10-6-18-5-9(10)11(15)14-7-1-3-8(4-2-7)19(13,16)17/h1-4,9-10H,5-6,12H2,(H,14,15)(H2,13,16,17). The lowest BCUT2D eigenvalue weighted by molar-refractivity contribution is -0.120. The van der Waals surface area contributed by atoms with Gasteiger partial charge in [0.15, 0.2) is 0 Å². The second-order valence-corrected chi connectivity index (χ2v) is 5.93. The van der Waals surface area contributed by atoms with Crippen molar-refractivity contribution in [2.45, 2.75) is 10.9 Å². The Bertz CT molecular complexity index is 570. The van der Waals surface area contributed by atoms with Gasteiger partial charge in [-0.15, -0.1) is 0 Å². The van der Waals surface area contributed by atoms with E-state index in [1.165, 1.54) is 24.3 Å². The molecule has 1 fully saturated rings. The minimum atomic E-state index is -3.73. The predicted molar refractivity (Wildman–Crippen MR) is 68.7 cm³/mol. The molecule has 1 aromatic carbocycles. The van der Waals surface area contributed by atoms with E-state index in [1.807, 2.05) is 0 Å². The number of amides is 1. The number of carbonyl (C=O) groups is 1. The zero-order valence-corrected chi connectivity index (χ0v) is 10.9. The third-order valence-corrected chi connectivity index (χ3v) is 3.84. The number of sulfonamides is 1. The van der Waals surface area contributed by atoms with Crippen LogP contribution in [0.2, 0.25) is 0 Å². The molecule has 2 rings (SSSR count). The normalized spacial score (nSPS) is 23.3. The van der Waals surface area contributed by atoms with Crippen LogP contribution in [0.4, 0.5) is 5.69 Å². The minimum absolute atomic E-state index is 0.00796. The number of nitrogens with one attached hydrogen (secondary N) is 1. The van der Waals surface area contributed by atoms with Crippen molar-refractivity contribution in [3.8, 4) is 0 Å². The predicted octanol–water partition coefficient (Wildman–Crippen LogP) is -0.754. The van der Waals surface area contributed by atoms with Crippen LogP contribution >= 0.6 is 0 Å². The number of hydrogen-bond acceptors (Lipinski definition) is 5. The fourth-order valence-corrected chi connectivity index (χ4v) is 2.32. The van der Waals surface area contributed by atoms with Crippen LogP contribution in [0.15, 0.2) is 29.2 Å². The smallest absolute Gasteiger partial charge is 0.238 e. The van der Waals surface area contributed by atoms with Crippen LogP contribution in [0.25, 0.3) is 0 Å². The minimum Gasteiger partial charge on any atom is -0.379 e. The van der Waals surface area contributed by atoms with Crippen LogP contribution in [-0.4, -0.2) is 33.6 Å². The summed E-state index contributed by atoms with van der Waals surface area (Å²) in [5.41, 5.74) is 6.22. The van der Waals surface area contributed by atoms with E-state index in [4.69, 9.17) is 15.6 Å². The maximum Gasteiger partial charge on any atom is 0.238 e. The summed E-state index contributed by atoms with van der Waals surface area (Å²) in [5, 5.41) is 7.64. The molecule has 0 radical (unpaired) electrons. The molecule has 0 bridgehead atoms. The molecule has 1 amide bonds. The third-order valence-electron chi connectivity index (χ3n) is 2.91. The average molecular weight is 285 g/mol. The summed E-state index contributed by atoms with van der Waals surface area (Å²) in [5.74, 6) is -0.633. The van der Waals surface area contributed by atoms with Crippen molar-refractivity contribution in [1.82, 2.24) is 0 Å². The van der Waals surface area contributed by atoms with E-state index < -0.39 is 15.9 Å². The first-order valence-electron chi connectivity index (χ1n) is 5.65. The second-order valence-electron chi connectivity index (χ2n) is 4.37. The molecule has 19 heavy (non-hydrogen) atoms. The molecular formula is C11H15N3O4S. The molecule has 1 aliphatic rings. The summed E-state index contributed by atoms with van der Waals surface area (Å²) in [6.45, 7) is 0.657. The van der Waals surface area contributed by atoms with Crippen molar-refractivity contribution in [2.24, 2.45) is 16.8 Å². The Morgan fingerprint density at radius 1 is 1.26 bits per heavy atom. The van der Waals surface area contributed by atoms with Crippen molar-refractivity contribution in [3.63, 3.8) is 0 Å². The van der Waals surface area contributed by atoms with Gasteiger partial charge in [0.1, 0.15) is 0 Å². The lowest BCUT2D eigenvalue weighted by atomic mass is 10.0. The first kappa shape index (κ1) is 13.9. The number of nitrogens with two attached hydrogens (primary N) is 2. The summed E-state index contributed by atoms with van der Waals surface area (Å²) in [6, 6.07) is 5.29. The maximum absolute atomic E-state index is 11.9. The molecule has 0 aliphatic carbocycles. The number of benzene rings is 1. The highest BCUT2D eigenvalue weighted by Crippen LogP contribution is 2.17. The van der Waals surface area contributed by atoms with Crippen molar-refractivity contribution >= 4 is 21.6 Å². The first-order valence-corrected chi connectivity index (χ1v) is 7.19. The summed E-state index contributed by atoms with van der Waals surface area (Å²) in [6.07, 6.45) is 0. The molecule has 5 N–H and O–H groups in total. The molecular weight excluding hydrogens is 270 g/mol. The summed E-state index contributed by atoms with van der Waals surface area (Å²) in [7, 11) is -3.73. The molecule has 0 aromatic heterocycles. The summed E-state index contributed by atoms with van der Waals surface area (Å²) in [4.78, 5) is 11.9. The van der Waals surface area contributed by atoms with Crippen LogP contribution in [-0.2, 0) is 19.6 Å². The quantitative estimate of drug-likeness (QED) is 0.673. The molecule has 0 spiro atoms. The molecule has 104 valence electrons. The van der Waals surface area contributed by atoms with Gasteiger partial charge >= 0.3 is 0 Å². The summed E-state index contributed by atoms with van der Waals surface area (Å²) < 4.78 is 27.3. The van der Waals surface area contributed by atoms with E-state index in [0.717, 1.165) is 0 Å². The highest BCUT2D eigenvalue weighted by molar-refractivity contribution is 7.89. The highest BCUT2D eigenvalue weighted by atomic mass is 32.2. The molecule has 8 heteroatoms. The Hall–Kier alpha value is -1.48. The maximum atomic E-state index is 11.9. The number of carbonyl (C=O) groups excluding carboxylic acids is 1. The largest absolute Gasteiger partial charge is 0.379 e. The zero-order chi connectivity index (χ0) is 14.0. The molecule has 2 unspecified atom stereocenters. The molecule has 7 nitrogen and oxygen atoms in total. The van der Waals surface area contributed by atoms with Gasteiger partial charge in [-0.2, -0.15) is 0 Å². The molecule has 1 aliphatic heterocycles. The number of hydrogen-bond donors (Lipinski definition) is 3. The Kier molecular flexibility index (Phi) is 3.85. The van der Waals surface area contributed by atoms with Crippen molar-refractivity contribution in [2.75, 3.05) is 18.5 Å². The van der Waals surface area contributed by atoms with E-state index >= 15 is 0 Å². The number of anilines is 1. The van der Waals surface area contributed by atoms with E-state index in [0.29, 0.717) is 18.9 Å². The number of ether oxygens (including phenoxy) is 1. The van der Waals surface area contributed by atoms with Crippen LogP contribution in [0.3, 0.4) is 0 Å². The SMILES string of the molecule is NC1COCC1C(=O)Nc1ccc(S(N)(=O)=O)cc1. The van der Waals surface area contributed by atoms with E-state index in [1.54, 1.807) is 0 Å². The van der Waals surface area contributed by atoms with Crippen LogP contribution in [0.5, 0.6) is 0 Å². The Morgan fingerprint density at radius 2 is 1.89 bits per heavy atom. The second kappa shape index (κ2) is 5.25. The molecule has 1 saturated heterocycles. The van der Waals surface area contributed by atoms with Crippen molar-refractivity contribution in [3.05, 3.63) is 24.3 Å². The topological polar surface area (TPSA) is 125 Å².